The van der Waals surface area contributed by atoms with Gasteiger partial charge < -0.3 is 0 Å². The van der Waals surface area contributed by atoms with Gasteiger partial charge >= 0.3 is 0 Å². The van der Waals surface area contributed by atoms with E-state index < -0.39 is 10.0 Å². The fourth-order valence-corrected chi connectivity index (χ4v) is 4.14. The largest absolute Gasteiger partial charge is 0.300 e. The van der Waals surface area contributed by atoms with E-state index >= 15 is 0 Å². The highest BCUT2D eigenvalue weighted by molar-refractivity contribution is 7.89. The van der Waals surface area contributed by atoms with E-state index in [9.17, 15) is 13.2 Å². The molecule has 0 N–H and O–H groups in total. The molecule has 0 unspecified atom stereocenters. The number of carbonyl (C=O) groups is 1. The first kappa shape index (κ1) is 17.7. The third-order valence-electron chi connectivity index (χ3n) is 4.19. The van der Waals surface area contributed by atoms with Gasteiger partial charge in [-0.1, -0.05) is 38.5 Å². The van der Waals surface area contributed by atoms with E-state index in [1.165, 1.54) is 10.2 Å². The van der Waals surface area contributed by atoms with E-state index in [0.29, 0.717) is 25.7 Å². The van der Waals surface area contributed by atoms with E-state index in [-0.39, 0.29) is 5.78 Å². The molecular formula is C18H25NO3S. The predicted molar refractivity (Wildman–Crippen MR) is 94.4 cm³/mol. The maximum atomic E-state index is 12.3. The monoisotopic (exact) mass is 335 g/mol. The van der Waals surface area contributed by atoms with Gasteiger partial charge in [0.1, 0.15) is 5.78 Å². The molecule has 0 bridgehead atoms. The second-order valence-electron chi connectivity index (χ2n) is 5.97. The Labute approximate surface area is 138 Å². The normalized spacial score (nSPS) is 12.0. The molecule has 1 aromatic heterocycles. The maximum absolute atomic E-state index is 12.3. The van der Waals surface area contributed by atoms with Crippen LogP contribution in [0.15, 0.2) is 24.3 Å². The Morgan fingerprint density at radius 1 is 1.13 bits per heavy atom. The lowest BCUT2D eigenvalue weighted by Crippen LogP contribution is -2.14. The van der Waals surface area contributed by atoms with Crippen molar-refractivity contribution in [2.24, 2.45) is 0 Å². The van der Waals surface area contributed by atoms with Crippen LogP contribution in [0.2, 0.25) is 0 Å². The lowest BCUT2D eigenvalue weighted by atomic mass is 10.0. The van der Waals surface area contributed by atoms with Crippen LogP contribution >= 0.6 is 0 Å². The molecule has 0 atom stereocenters. The number of aromatic nitrogens is 1. The van der Waals surface area contributed by atoms with Crippen molar-refractivity contribution in [1.29, 1.82) is 0 Å². The number of fused-ring (bicyclic) bond motifs is 1. The van der Waals surface area contributed by atoms with Crippen molar-refractivity contribution in [3.05, 3.63) is 35.5 Å². The first-order chi connectivity index (χ1) is 10.9. The molecule has 0 spiro atoms. The Morgan fingerprint density at radius 3 is 2.43 bits per heavy atom. The second-order valence-corrected chi connectivity index (χ2v) is 7.80. The minimum absolute atomic E-state index is 0.211. The Balaban J connectivity index is 2.64. The van der Waals surface area contributed by atoms with E-state index in [1.54, 1.807) is 0 Å². The summed E-state index contributed by atoms with van der Waals surface area (Å²) in [5.41, 5.74) is 2.58. The van der Waals surface area contributed by atoms with Gasteiger partial charge in [-0.3, -0.25) is 4.79 Å². The van der Waals surface area contributed by atoms with Gasteiger partial charge in [0.05, 0.1) is 11.8 Å². The summed E-state index contributed by atoms with van der Waals surface area (Å²) in [7, 11) is -3.38. The number of hydrogen-bond acceptors (Lipinski definition) is 3. The third kappa shape index (κ3) is 3.83. The number of benzene rings is 1. The number of carbonyl (C=O) groups excluding carboxylic acids is 1. The summed E-state index contributed by atoms with van der Waals surface area (Å²) in [6.45, 7) is 3.95. The highest BCUT2D eigenvalue weighted by Gasteiger charge is 2.22. The number of unbranched alkanes of at least 4 members (excludes halogenated alkanes) is 1. The smallest absolute Gasteiger partial charge is 0.236 e. The van der Waals surface area contributed by atoms with Gasteiger partial charge in [0.2, 0.25) is 10.0 Å². The van der Waals surface area contributed by atoms with Crippen LogP contribution in [0.1, 0.15) is 50.8 Å². The van der Waals surface area contributed by atoms with Crippen LogP contribution < -0.4 is 0 Å². The summed E-state index contributed by atoms with van der Waals surface area (Å²) in [6, 6.07) is 7.58. The van der Waals surface area contributed by atoms with Crippen LogP contribution in [0.5, 0.6) is 0 Å². The van der Waals surface area contributed by atoms with Crippen LogP contribution in [-0.4, -0.2) is 24.4 Å². The average Bonchev–Trinajstić information content (AvgIpc) is 2.84. The number of aryl methyl sites for hydroxylation is 1. The van der Waals surface area contributed by atoms with Crippen LogP contribution in [0.25, 0.3) is 10.9 Å². The van der Waals surface area contributed by atoms with Gasteiger partial charge in [-0.25, -0.2) is 12.4 Å². The number of para-hydroxylation sites is 1. The number of Topliss-reactive ketones (excluding diaryl/α,β-unsaturated/α-hetero) is 1. The first-order valence-corrected chi connectivity index (χ1v) is 10.1. The Bertz CT molecular complexity index is 803. The fourth-order valence-electron chi connectivity index (χ4n) is 3.02. The summed E-state index contributed by atoms with van der Waals surface area (Å²) < 4.78 is 26.1. The van der Waals surface area contributed by atoms with E-state index in [2.05, 4.69) is 6.92 Å². The molecule has 2 aromatic rings. The zero-order valence-electron chi connectivity index (χ0n) is 14.1. The number of rotatable bonds is 8. The molecule has 0 aliphatic rings. The van der Waals surface area contributed by atoms with Gasteiger partial charge in [0.25, 0.3) is 0 Å². The summed E-state index contributed by atoms with van der Waals surface area (Å²) >= 11 is 0. The quantitative estimate of drug-likeness (QED) is 0.739. The van der Waals surface area contributed by atoms with Crippen molar-refractivity contribution in [2.75, 3.05) is 6.26 Å². The Kier molecular flexibility index (Phi) is 5.63. The molecule has 1 heterocycles. The molecule has 126 valence electrons. The predicted octanol–water partition coefficient (Wildman–Crippen LogP) is 3.70. The molecule has 23 heavy (non-hydrogen) atoms. The third-order valence-corrected chi connectivity index (χ3v) is 5.27. The zero-order chi connectivity index (χ0) is 17.0. The van der Waals surface area contributed by atoms with Gasteiger partial charge in [0, 0.05) is 23.9 Å². The topological polar surface area (TPSA) is 56.1 Å². The van der Waals surface area contributed by atoms with Gasteiger partial charge in [0.15, 0.2) is 0 Å². The lowest BCUT2D eigenvalue weighted by Gasteiger charge is -2.10. The zero-order valence-corrected chi connectivity index (χ0v) is 14.9. The van der Waals surface area contributed by atoms with Gasteiger partial charge in [-0.05, 0) is 30.9 Å². The van der Waals surface area contributed by atoms with E-state index in [0.717, 1.165) is 35.0 Å². The summed E-state index contributed by atoms with van der Waals surface area (Å²) in [5.74, 6) is 0.211. The number of hydrogen-bond donors (Lipinski definition) is 0. The van der Waals surface area contributed by atoms with E-state index in [1.807, 2.05) is 31.2 Å². The van der Waals surface area contributed by atoms with Crippen LogP contribution in [0.3, 0.4) is 0 Å². The van der Waals surface area contributed by atoms with Crippen molar-refractivity contribution in [1.82, 2.24) is 3.97 Å². The molecular weight excluding hydrogens is 310 g/mol. The van der Waals surface area contributed by atoms with Crippen LogP contribution in [0, 0.1) is 0 Å². The number of nitrogens with zero attached hydrogens (tertiary/aromatic N) is 1. The molecule has 0 radical (unpaired) electrons. The Morgan fingerprint density at radius 2 is 1.83 bits per heavy atom. The summed E-state index contributed by atoms with van der Waals surface area (Å²) in [4.78, 5) is 11.7. The SMILES string of the molecule is CCCCc1c(CCC(=O)CC)c2ccccc2n1S(C)(=O)=O. The highest BCUT2D eigenvalue weighted by atomic mass is 32.2. The molecule has 0 saturated heterocycles. The molecule has 0 aliphatic heterocycles. The molecule has 0 saturated carbocycles. The van der Waals surface area contributed by atoms with Crippen molar-refractivity contribution < 1.29 is 13.2 Å². The molecule has 4 nitrogen and oxygen atoms in total. The minimum atomic E-state index is -3.38. The fraction of sp³-hybridized carbons (Fsp3) is 0.500. The maximum Gasteiger partial charge on any atom is 0.236 e. The standard InChI is InChI=1S/C18H25NO3S/c1-4-6-10-17-16(13-12-14(20)5-2)15-9-7-8-11-18(15)19(17)23(3,21)22/h7-9,11H,4-6,10,12-13H2,1-3H3. The van der Waals surface area contributed by atoms with Gasteiger partial charge in [-0.2, -0.15) is 0 Å². The molecule has 2 rings (SSSR count). The van der Waals surface area contributed by atoms with Crippen molar-refractivity contribution in [3.8, 4) is 0 Å². The van der Waals surface area contributed by atoms with E-state index in [4.69, 9.17) is 0 Å². The van der Waals surface area contributed by atoms with Crippen molar-refractivity contribution in [3.63, 3.8) is 0 Å². The Hall–Kier alpha value is -1.62. The second kappa shape index (κ2) is 7.30. The first-order valence-electron chi connectivity index (χ1n) is 8.23. The number of ketones is 1. The van der Waals surface area contributed by atoms with Crippen LogP contribution in [0.4, 0.5) is 0 Å². The lowest BCUT2D eigenvalue weighted by molar-refractivity contribution is -0.118. The van der Waals surface area contributed by atoms with Crippen LogP contribution in [-0.2, 0) is 27.7 Å². The molecule has 0 amide bonds. The molecule has 0 aliphatic carbocycles. The average molecular weight is 335 g/mol. The summed E-state index contributed by atoms with van der Waals surface area (Å²) in [6.07, 6.45) is 5.49. The van der Waals surface area contributed by atoms with Crippen molar-refractivity contribution >= 4 is 26.7 Å². The highest BCUT2D eigenvalue weighted by Crippen LogP contribution is 2.30. The molecule has 0 fully saturated rings. The summed E-state index contributed by atoms with van der Waals surface area (Å²) in [5, 5.41) is 0.952. The molecule has 1 aromatic carbocycles. The minimum Gasteiger partial charge on any atom is -0.300 e. The molecule has 5 heteroatoms. The van der Waals surface area contributed by atoms with Crippen molar-refractivity contribution in [2.45, 2.75) is 52.4 Å². The van der Waals surface area contributed by atoms with Gasteiger partial charge in [-0.15, -0.1) is 0 Å².